The average molecular weight is 534 g/mol. The van der Waals surface area contributed by atoms with Crippen LogP contribution in [0.25, 0.3) is 0 Å². The summed E-state index contributed by atoms with van der Waals surface area (Å²) in [5.74, 6) is 0.437. The van der Waals surface area contributed by atoms with E-state index in [1.165, 1.54) is 13.5 Å². The van der Waals surface area contributed by atoms with E-state index < -0.39 is 12.8 Å². The molecule has 0 saturated carbocycles. The Morgan fingerprint density at radius 1 is 1.24 bits per heavy atom. The molecule has 1 aliphatic heterocycles. The maximum absolute atomic E-state index is 12.8. The van der Waals surface area contributed by atoms with Crippen LogP contribution in [0.4, 0.5) is 4.39 Å². The summed E-state index contributed by atoms with van der Waals surface area (Å²) in [7, 11) is 1.52. The van der Waals surface area contributed by atoms with E-state index in [0.29, 0.717) is 36.4 Å². The first-order valence-electron chi connectivity index (χ1n) is 14.2. The summed E-state index contributed by atoms with van der Waals surface area (Å²) >= 11 is 0. The number of halogens is 1. The number of amides is 2. The van der Waals surface area contributed by atoms with Gasteiger partial charge in [0.1, 0.15) is 12.8 Å². The molecule has 1 heterocycles. The summed E-state index contributed by atoms with van der Waals surface area (Å²) < 4.78 is 17.8. The number of methoxy groups -OCH3 is 1. The van der Waals surface area contributed by atoms with E-state index in [9.17, 15) is 14.0 Å². The highest BCUT2D eigenvalue weighted by molar-refractivity contribution is 5.78. The number of nitrogens with zero attached hydrogens (tertiary/aromatic N) is 2. The molecule has 1 aromatic rings. The monoisotopic (exact) mass is 533 g/mol. The quantitative estimate of drug-likeness (QED) is 0.239. The van der Waals surface area contributed by atoms with Gasteiger partial charge in [-0.05, 0) is 49.7 Å². The number of benzene rings is 1. The minimum Gasteiger partial charge on any atom is -0.372 e. The number of carbonyl (C=O) groups is 2. The van der Waals surface area contributed by atoms with Crippen molar-refractivity contribution in [2.24, 2.45) is 11.7 Å². The van der Waals surface area contributed by atoms with Crippen LogP contribution in [-0.2, 0) is 27.5 Å². The lowest BCUT2D eigenvalue weighted by Gasteiger charge is -2.20. The molecule has 1 saturated heterocycles. The number of nitriles is 1. The fraction of sp³-hybridized carbons (Fsp3) is 0.645. The highest BCUT2D eigenvalue weighted by Gasteiger charge is 2.17. The first-order valence-corrected chi connectivity index (χ1v) is 14.2. The van der Waals surface area contributed by atoms with Crippen LogP contribution in [0.1, 0.15) is 110 Å². The normalized spacial score (nSPS) is 14.4. The van der Waals surface area contributed by atoms with E-state index in [1.54, 1.807) is 18.2 Å². The SMILES string of the molecule is CC.CC.CCC(C)/C=C/CCCC(OC)C(N)=O.N#Cc1ccc(CN2CCCCCC2=O)cc1CF. The highest BCUT2D eigenvalue weighted by Crippen LogP contribution is 2.18. The van der Waals surface area contributed by atoms with Crippen molar-refractivity contribution in [3.63, 3.8) is 0 Å². The fourth-order valence-corrected chi connectivity index (χ4v) is 3.65. The smallest absolute Gasteiger partial charge is 0.246 e. The lowest BCUT2D eigenvalue weighted by atomic mass is 10.1. The van der Waals surface area contributed by atoms with Crippen LogP contribution in [0.15, 0.2) is 30.4 Å². The molecule has 2 unspecified atom stereocenters. The minimum atomic E-state index is -0.648. The van der Waals surface area contributed by atoms with Gasteiger partial charge in [0, 0.05) is 32.2 Å². The molecule has 1 aromatic carbocycles. The number of alkyl halides is 1. The first-order chi connectivity index (χ1) is 18.4. The number of allylic oxidation sites excluding steroid dienone is 2. The maximum atomic E-state index is 12.8. The molecule has 0 bridgehead atoms. The van der Waals surface area contributed by atoms with E-state index in [2.05, 4.69) is 26.0 Å². The van der Waals surface area contributed by atoms with Crippen molar-refractivity contribution in [1.29, 1.82) is 5.26 Å². The molecule has 6 nitrogen and oxygen atoms in total. The van der Waals surface area contributed by atoms with Crippen LogP contribution in [0.5, 0.6) is 0 Å². The molecule has 38 heavy (non-hydrogen) atoms. The van der Waals surface area contributed by atoms with Crippen LogP contribution in [0.2, 0.25) is 0 Å². The summed E-state index contributed by atoms with van der Waals surface area (Å²) in [6.07, 6.45) is 11.4. The Bertz CT molecular complexity index is 836. The Kier molecular flexibility index (Phi) is 24.2. The molecule has 0 spiro atoms. The van der Waals surface area contributed by atoms with Crippen molar-refractivity contribution in [3.8, 4) is 6.07 Å². The number of ether oxygens (including phenoxy) is 1. The molecule has 2 rings (SSSR count). The van der Waals surface area contributed by atoms with Gasteiger partial charge in [0.15, 0.2) is 0 Å². The van der Waals surface area contributed by atoms with Gasteiger partial charge in [-0.1, -0.05) is 78.7 Å². The van der Waals surface area contributed by atoms with Crippen molar-refractivity contribution in [3.05, 3.63) is 47.0 Å². The lowest BCUT2D eigenvalue weighted by Crippen LogP contribution is -2.29. The third-order valence-corrected chi connectivity index (χ3v) is 6.03. The van der Waals surface area contributed by atoms with Gasteiger partial charge in [-0.2, -0.15) is 5.26 Å². The van der Waals surface area contributed by atoms with E-state index in [4.69, 9.17) is 15.7 Å². The van der Waals surface area contributed by atoms with Gasteiger partial charge >= 0.3 is 0 Å². The van der Waals surface area contributed by atoms with Crippen LogP contribution < -0.4 is 5.73 Å². The number of carbonyl (C=O) groups excluding carboxylic acids is 2. The number of unbranched alkanes of at least 4 members (excludes halogenated alkanes) is 1. The second-order valence-corrected chi connectivity index (χ2v) is 8.73. The standard InChI is InChI=1S/C15H17FN2O.C12H23NO2.2C2H6/c16-9-14-8-12(5-6-13(14)10-17)11-18-7-3-1-2-4-15(18)19;1-4-10(2)8-6-5-7-9-11(15-3)12(13)14;2*1-2/h5-6,8H,1-4,7,9,11H2;6,8,10-11H,4-5,7,9H2,1-3H3,(H2,13,14);2*1-2H3/b;8-6+;;. The molecule has 216 valence electrons. The van der Waals surface area contributed by atoms with Gasteiger partial charge in [-0.3, -0.25) is 9.59 Å². The van der Waals surface area contributed by atoms with Crippen molar-refractivity contribution in [2.45, 2.75) is 112 Å². The van der Waals surface area contributed by atoms with E-state index in [0.717, 1.165) is 44.2 Å². The predicted octanol–water partition coefficient (Wildman–Crippen LogP) is 7.24. The summed E-state index contributed by atoms with van der Waals surface area (Å²) in [6, 6.07) is 7.10. The van der Waals surface area contributed by atoms with Crippen LogP contribution in [-0.4, -0.2) is 36.5 Å². The largest absolute Gasteiger partial charge is 0.372 e. The molecule has 1 fully saturated rings. The maximum Gasteiger partial charge on any atom is 0.246 e. The average Bonchev–Trinajstić information content (AvgIpc) is 3.16. The number of primary amides is 1. The van der Waals surface area contributed by atoms with E-state index >= 15 is 0 Å². The summed E-state index contributed by atoms with van der Waals surface area (Å²) in [6.45, 7) is 13.0. The van der Waals surface area contributed by atoms with Crippen molar-refractivity contribution >= 4 is 11.8 Å². The second-order valence-electron chi connectivity index (χ2n) is 8.73. The van der Waals surface area contributed by atoms with Crippen LogP contribution >= 0.6 is 0 Å². The third kappa shape index (κ3) is 16.2. The van der Waals surface area contributed by atoms with Gasteiger partial charge in [-0.15, -0.1) is 0 Å². The van der Waals surface area contributed by atoms with Gasteiger partial charge < -0.3 is 15.4 Å². The molecule has 2 atom stereocenters. The Hall–Kier alpha value is -2.72. The van der Waals surface area contributed by atoms with Gasteiger partial charge in [-0.25, -0.2) is 4.39 Å². The summed E-state index contributed by atoms with van der Waals surface area (Å²) in [4.78, 5) is 24.6. The molecule has 1 aliphatic rings. The molecule has 0 radical (unpaired) electrons. The number of likely N-dealkylation sites (tertiary alicyclic amines) is 1. The number of hydrogen-bond donors (Lipinski definition) is 1. The van der Waals surface area contributed by atoms with E-state index in [1.807, 2.05) is 38.7 Å². The molecule has 7 heteroatoms. The zero-order chi connectivity index (χ0) is 29.3. The predicted molar refractivity (Wildman–Crippen MR) is 155 cm³/mol. The molecular formula is C31H52FN3O3. The van der Waals surface area contributed by atoms with Crippen LogP contribution in [0, 0.1) is 17.2 Å². The zero-order valence-electron chi connectivity index (χ0n) is 24.9. The Morgan fingerprint density at radius 2 is 1.92 bits per heavy atom. The zero-order valence-corrected chi connectivity index (χ0v) is 24.9. The van der Waals surface area contributed by atoms with Crippen molar-refractivity contribution in [1.82, 2.24) is 4.90 Å². The fourth-order valence-electron chi connectivity index (χ4n) is 3.65. The van der Waals surface area contributed by atoms with Crippen molar-refractivity contribution < 1.29 is 18.7 Å². The number of nitrogens with two attached hydrogens (primary N) is 1. The second kappa shape index (κ2) is 24.6. The number of hydrogen-bond acceptors (Lipinski definition) is 4. The van der Waals surface area contributed by atoms with Gasteiger partial charge in [0.05, 0.1) is 11.6 Å². The Balaban J connectivity index is 0. The summed E-state index contributed by atoms with van der Waals surface area (Å²) in [5.41, 5.74) is 6.81. The molecule has 0 aromatic heterocycles. The Morgan fingerprint density at radius 3 is 2.47 bits per heavy atom. The van der Waals surface area contributed by atoms with Crippen molar-refractivity contribution in [2.75, 3.05) is 13.7 Å². The van der Waals surface area contributed by atoms with Crippen LogP contribution in [0.3, 0.4) is 0 Å². The highest BCUT2D eigenvalue weighted by atomic mass is 19.1. The molecule has 2 amide bonds. The summed E-state index contributed by atoms with van der Waals surface area (Å²) in [5, 5.41) is 8.86. The molecule has 2 N–H and O–H groups in total. The lowest BCUT2D eigenvalue weighted by molar-refractivity contribution is -0.131. The first kappa shape index (κ1) is 37.4. The van der Waals surface area contributed by atoms with E-state index in [-0.39, 0.29) is 11.8 Å². The topological polar surface area (TPSA) is 96.4 Å². The van der Waals surface area contributed by atoms with Gasteiger partial charge in [0.2, 0.25) is 11.8 Å². The Labute approximate surface area is 231 Å². The minimum absolute atomic E-state index is 0.170. The molecule has 0 aliphatic carbocycles. The third-order valence-electron chi connectivity index (χ3n) is 6.03. The molecular weight excluding hydrogens is 481 g/mol. The van der Waals surface area contributed by atoms with Gasteiger partial charge in [0.25, 0.3) is 0 Å². The number of rotatable bonds is 11.